The first-order valence-corrected chi connectivity index (χ1v) is 22.4. The molecule has 0 atom stereocenters. The van der Waals surface area contributed by atoms with Crippen LogP contribution in [0, 0.1) is 0 Å². The highest BCUT2D eigenvalue weighted by molar-refractivity contribution is 5.98. The molecule has 0 bridgehead atoms. The lowest BCUT2D eigenvalue weighted by atomic mass is 9.89. The molecule has 0 saturated carbocycles. The first kappa shape index (κ1) is 43.8. The largest absolute Gasteiger partial charge is 0.508 e. The minimum atomic E-state index is -0.485. The van der Waals surface area contributed by atoms with E-state index in [0.717, 1.165) is 16.7 Å². The van der Waals surface area contributed by atoms with Gasteiger partial charge >= 0.3 is 0 Å². The van der Waals surface area contributed by atoms with Crippen LogP contribution >= 0.6 is 0 Å². The van der Waals surface area contributed by atoms with E-state index in [0.29, 0.717) is 147 Å². The SMILES string of the molecule is CC(C)c1cc(C(=O)N2Cc3ccc(CN4CCN(C(=O)/C=C/C(=O)N5CCC6(CC5)CN(c5nc(-c7cnc(N)nc7)nc(N7CCOCC7)n5)CCO6)CC4)cc3C2)c(O)cc1O. The molecule has 5 aliphatic heterocycles. The van der Waals surface area contributed by atoms with Gasteiger partial charge in [-0.1, -0.05) is 32.0 Å². The van der Waals surface area contributed by atoms with Crippen LogP contribution < -0.4 is 15.5 Å². The number of fused-ring (bicyclic) bond motifs is 1. The number of rotatable bonds is 9. The number of morpholine rings is 2. The molecule has 0 unspecified atom stereocenters. The summed E-state index contributed by atoms with van der Waals surface area (Å²) < 4.78 is 12.0. The Labute approximate surface area is 377 Å². The van der Waals surface area contributed by atoms with Gasteiger partial charge in [-0.05, 0) is 47.1 Å². The number of nitrogen functional groups attached to an aromatic ring is 1. The zero-order valence-corrected chi connectivity index (χ0v) is 36.9. The van der Waals surface area contributed by atoms with Crippen molar-refractivity contribution in [1.29, 1.82) is 0 Å². The number of nitrogens with zero attached hydrogens (tertiary/aromatic N) is 11. The normalized spacial score (nSPS) is 19.1. The number of piperidine rings is 1. The van der Waals surface area contributed by atoms with E-state index in [2.05, 4.69) is 42.9 Å². The standard InChI is InChI=1S/C46H56N12O7/c1-30(2)35-22-36(38(60)23-37(35)59)42(63)58-27-32-4-3-31(21-33(32)28-58)26-53-11-13-55(14-12-53)40(62)6-5-39(61)54-9-7-46(8-10-54)29-57(17-20-65-46)45-51-41(34-24-48-43(47)49-25-34)50-44(52-45)56-15-18-64-19-16-56/h3-6,21-25,30,59-60H,7-20,26-29H2,1-2H3,(H2,47,48,49)/b6-5+. The molecular weight excluding hydrogens is 833 g/mol. The predicted octanol–water partition coefficient (Wildman–Crippen LogP) is 2.54. The number of nitrogens with two attached hydrogens (primary N) is 1. The van der Waals surface area contributed by atoms with Crippen molar-refractivity contribution >= 4 is 35.6 Å². The third-order valence-electron chi connectivity index (χ3n) is 13.1. The Balaban J connectivity index is 0.748. The van der Waals surface area contributed by atoms with Crippen molar-refractivity contribution in [3.63, 3.8) is 0 Å². The van der Waals surface area contributed by atoms with E-state index in [4.69, 9.17) is 30.2 Å². The molecule has 65 heavy (non-hydrogen) atoms. The van der Waals surface area contributed by atoms with Gasteiger partial charge in [0, 0.05) is 109 Å². The minimum absolute atomic E-state index is 0.00575. The number of aromatic nitrogens is 5. The van der Waals surface area contributed by atoms with E-state index in [1.807, 2.05) is 13.8 Å². The molecule has 7 heterocycles. The number of likely N-dealkylation sites (tertiary alicyclic amines) is 1. The topological polar surface area (TPSA) is 220 Å². The van der Waals surface area contributed by atoms with Crippen LogP contribution in [0.3, 0.4) is 0 Å². The monoisotopic (exact) mass is 888 g/mol. The molecule has 5 aliphatic rings. The highest BCUT2D eigenvalue weighted by Gasteiger charge is 2.41. The molecule has 1 spiro atoms. The number of piperazine rings is 1. The quantitative estimate of drug-likeness (QED) is 0.206. The Morgan fingerprint density at radius 1 is 0.754 bits per heavy atom. The first-order valence-electron chi connectivity index (χ1n) is 22.4. The Morgan fingerprint density at radius 3 is 2.09 bits per heavy atom. The fourth-order valence-electron chi connectivity index (χ4n) is 9.26. The number of hydrogen-bond acceptors (Lipinski definition) is 16. The number of carbonyl (C=O) groups is 3. The maximum absolute atomic E-state index is 13.5. The molecule has 3 amide bonds. The summed E-state index contributed by atoms with van der Waals surface area (Å²) in [5.74, 6) is 0.814. The van der Waals surface area contributed by atoms with Gasteiger partial charge in [-0.2, -0.15) is 15.0 Å². The maximum Gasteiger partial charge on any atom is 0.258 e. The molecule has 0 aliphatic carbocycles. The molecule has 2 aromatic carbocycles. The highest BCUT2D eigenvalue weighted by Crippen LogP contribution is 2.36. The van der Waals surface area contributed by atoms with E-state index in [1.54, 1.807) is 33.2 Å². The van der Waals surface area contributed by atoms with Crippen molar-refractivity contribution in [3.8, 4) is 22.9 Å². The van der Waals surface area contributed by atoms with Crippen molar-refractivity contribution in [3.05, 3.63) is 82.7 Å². The summed E-state index contributed by atoms with van der Waals surface area (Å²) in [4.78, 5) is 74.7. The second-order valence-electron chi connectivity index (χ2n) is 17.7. The number of carbonyl (C=O) groups excluding carboxylic acids is 3. The van der Waals surface area contributed by atoms with Crippen molar-refractivity contribution in [2.24, 2.45) is 0 Å². The zero-order chi connectivity index (χ0) is 45.2. The lowest BCUT2D eigenvalue weighted by Crippen LogP contribution is -2.58. The summed E-state index contributed by atoms with van der Waals surface area (Å²) in [6.07, 6.45) is 7.26. The van der Waals surface area contributed by atoms with Gasteiger partial charge in [-0.3, -0.25) is 19.3 Å². The van der Waals surface area contributed by atoms with Crippen LogP contribution in [0.4, 0.5) is 17.8 Å². The molecule has 19 heteroatoms. The number of phenolic OH excluding ortho intramolecular Hbond substituents is 2. The van der Waals surface area contributed by atoms with Gasteiger partial charge in [0.05, 0.1) is 43.1 Å². The van der Waals surface area contributed by atoms with Gasteiger partial charge in [-0.15, -0.1) is 0 Å². The number of anilines is 3. The second-order valence-corrected chi connectivity index (χ2v) is 17.7. The van der Waals surface area contributed by atoms with Crippen molar-refractivity contribution in [2.45, 2.75) is 57.8 Å². The molecule has 4 saturated heterocycles. The number of hydrogen-bond donors (Lipinski definition) is 3. The Morgan fingerprint density at radius 2 is 1.40 bits per heavy atom. The summed E-state index contributed by atoms with van der Waals surface area (Å²) in [7, 11) is 0. The van der Waals surface area contributed by atoms with Crippen LogP contribution in [-0.2, 0) is 38.7 Å². The Hall–Kier alpha value is -6.44. The third kappa shape index (κ3) is 9.67. The summed E-state index contributed by atoms with van der Waals surface area (Å²) >= 11 is 0. The summed E-state index contributed by atoms with van der Waals surface area (Å²) in [5.41, 5.74) is 9.96. The van der Waals surface area contributed by atoms with E-state index in [9.17, 15) is 24.6 Å². The molecule has 342 valence electrons. The van der Waals surface area contributed by atoms with Gasteiger partial charge < -0.3 is 49.9 Å². The van der Waals surface area contributed by atoms with Gasteiger partial charge in [0.2, 0.25) is 29.7 Å². The van der Waals surface area contributed by atoms with Gasteiger partial charge in [0.1, 0.15) is 11.5 Å². The van der Waals surface area contributed by atoms with E-state index in [1.165, 1.54) is 18.2 Å². The average molecular weight is 889 g/mol. The van der Waals surface area contributed by atoms with Crippen LogP contribution in [0.1, 0.15) is 65.2 Å². The maximum atomic E-state index is 13.5. The van der Waals surface area contributed by atoms with Crippen LogP contribution in [0.5, 0.6) is 11.5 Å². The smallest absolute Gasteiger partial charge is 0.258 e. The lowest BCUT2D eigenvalue weighted by molar-refractivity contribution is -0.135. The molecular formula is C46H56N12O7. The average Bonchev–Trinajstić information content (AvgIpc) is 3.75. The minimum Gasteiger partial charge on any atom is -0.508 e. The molecule has 9 rings (SSSR count). The summed E-state index contributed by atoms with van der Waals surface area (Å²) in [6.45, 7) is 13.0. The second kappa shape index (κ2) is 18.6. The number of aromatic hydroxyl groups is 2. The Kier molecular flexibility index (Phi) is 12.5. The van der Waals surface area contributed by atoms with Crippen LogP contribution in [0.25, 0.3) is 11.4 Å². The summed E-state index contributed by atoms with van der Waals surface area (Å²) in [6, 6.07) is 9.12. The molecule has 4 N–H and O–H groups in total. The molecule has 0 radical (unpaired) electrons. The van der Waals surface area contributed by atoms with E-state index in [-0.39, 0.29) is 46.7 Å². The molecule has 2 aromatic heterocycles. The molecule has 4 fully saturated rings. The fourth-order valence-corrected chi connectivity index (χ4v) is 9.26. The van der Waals surface area contributed by atoms with Crippen molar-refractivity contribution < 1.29 is 34.1 Å². The van der Waals surface area contributed by atoms with E-state index < -0.39 is 5.60 Å². The highest BCUT2D eigenvalue weighted by atomic mass is 16.5. The van der Waals surface area contributed by atoms with E-state index >= 15 is 0 Å². The lowest BCUT2D eigenvalue weighted by Gasteiger charge is -2.47. The zero-order valence-electron chi connectivity index (χ0n) is 36.9. The molecule has 19 nitrogen and oxygen atoms in total. The number of amides is 3. The molecule has 4 aromatic rings. The third-order valence-corrected chi connectivity index (χ3v) is 13.1. The number of benzene rings is 2. The first-order chi connectivity index (χ1) is 31.4. The number of ether oxygens (including phenoxy) is 2. The van der Waals surface area contributed by atoms with Crippen LogP contribution in [-0.4, -0.2) is 163 Å². The van der Waals surface area contributed by atoms with Gasteiger partial charge in [0.15, 0.2) is 5.82 Å². The van der Waals surface area contributed by atoms with Crippen LogP contribution in [0.15, 0.2) is 54.9 Å². The summed E-state index contributed by atoms with van der Waals surface area (Å²) in [5, 5.41) is 20.8. The van der Waals surface area contributed by atoms with Crippen molar-refractivity contribution in [2.75, 3.05) is 101 Å². The fraction of sp³-hybridized carbons (Fsp3) is 0.478. The van der Waals surface area contributed by atoms with Gasteiger partial charge in [-0.25, -0.2) is 9.97 Å². The Bertz CT molecular complexity index is 2450. The van der Waals surface area contributed by atoms with Gasteiger partial charge in [0.25, 0.3) is 5.91 Å². The predicted molar refractivity (Wildman–Crippen MR) is 240 cm³/mol. The van der Waals surface area contributed by atoms with Crippen LogP contribution in [0.2, 0.25) is 0 Å². The van der Waals surface area contributed by atoms with Crippen molar-refractivity contribution in [1.82, 2.24) is 44.5 Å². The number of phenols is 2.